The van der Waals surface area contributed by atoms with E-state index in [1.807, 2.05) is 17.9 Å². The number of piperazine rings is 1. The molecule has 0 atom stereocenters. The Morgan fingerprint density at radius 3 is 2.32 bits per heavy atom. The minimum absolute atomic E-state index is 0.0584. The van der Waals surface area contributed by atoms with Crippen LogP contribution in [0.4, 0.5) is 0 Å². The van der Waals surface area contributed by atoms with E-state index in [1.165, 1.54) is 0 Å². The van der Waals surface area contributed by atoms with Crippen molar-refractivity contribution in [3.8, 4) is 0 Å². The van der Waals surface area contributed by atoms with Gasteiger partial charge in [0.05, 0.1) is 0 Å². The molecule has 0 spiro atoms. The van der Waals surface area contributed by atoms with Crippen LogP contribution in [0.15, 0.2) is 6.07 Å². The van der Waals surface area contributed by atoms with Gasteiger partial charge in [0.1, 0.15) is 11.5 Å². The first-order valence-electron chi connectivity index (χ1n) is 9.51. The third-order valence-corrected chi connectivity index (χ3v) is 5.51. The van der Waals surface area contributed by atoms with Gasteiger partial charge in [0.15, 0.2) is 0 Å². The first kappa shape index (κ1) is 18.3. The molecule has 2 fully saturated rings. The second kappa shape index (κ2) is 7.79. The van der Waals surface area contributed by atoms with Crippen molar-refractivity contribution in [1.29, 1.82) is 0 Å². The predicted molar refractivity (Wildman–Crippen MR) is 98.9 cm³/mol. The van der Waals surface area contributed by atoms with Gasteiger partial charge < -0.3 is 9.80 Å². The van der Waals surface area contributed by atoms with Crippen LogP contribution in [0.25, 0.3) is 0 Å². The van der Waals surface area contributed by atoms with Gasteiger partial charge in [0.2, 0.25) is 0 Å². The molecule has 6 nitrogen and oxygen atoms in total. The maximum atomic E-state index is 12.9. The quantitative estimate of drug-likeness (QED) is 0.835. The van der Waals surface area contributed by atoms with Crippen molar-refractivity contribution in [1.82, 2.24) is 24.7 Å². The zero-order chi connectivity index (χ0) is 18.0. The van der Waals surface area contributed by atoms with Crippen molar-refractivity contribution in [3.05, 3.63) is 23.3 Å². The molecule has 0 bridgehead atoms. The molecule has 2 aliphatic heterocycles. The van der Waals surface area contributed by atoms with Crippen LogP contribution in [0.1, 0.15) is 54.6 Å². The Balaban J connectivity index is 1.71. The molecule has 3 heterocycles. The van der Waals surface area contributed by atoms with Gasteiger partial charge in [-0.15, -0.1) is 0 Å². The summed E-state index contributed by atoms with van der Waals surface area (Å²) in [6, 6.07) is 2.38. The lowest BCUT2D eigenvalue weighted by molar-refractivity contribution is 0.0589. The van der Waals surface area contributed by atoms with E-state index >= 15 is 0 Å². The number of carbonyl (C=O) groups is 1. The summed E-state index contributed by atoms with van der Waals surface area (Å²) in [5.41, 5.74) is 1.47. The van der Waals surface area contributed by atoms with Crippen molar-refractivity contribution in [3.63, 3.8) is 0 Å². The van der Waals surface area contributed by atoms with Gasteiger partial charge in [0, 0.05) is 43.8 Å². The highest BCUT2D eigenvalue weighted by atomic mass is 16.2. The zero-order valence-electron chi connectivity index (χ0n) is 16.0. The van der Waals surface area contributed by atoms with E-state index in [-0.39, 0.29) is 5.91 Å². The number of piperidine rings is 1. The van der Waals surface area contributed by atoms with Crippen LogP contribution >= 0.6 is 0 Å². The molecule has 3 rings (SSSR count). The fourth-order valence-corrected chi connectivity index (χ4v) is 3.75. The van der Waals surface area contributed by atoms with Gasteiger partial charge in [0.25, 0.3) is 5.91 Å². The van der Waals surface area contributed by atoms with E-state index in [4.69, 9.17) is 0 Å². The van der Waals surface area contributed by atoms with E-state index in [0.717, 1.165) is 63.6 Å². The molecule has 6 heteroatoms. The molecule has 0 radical (unpaired) electrons. The largest absolute Gasteiger partial charge is 0.335 e. The normalized spacial score (nSPS) is 21.1. The minimum atomic E-state index is 0.0584. The van der Waals surface area contributed by atoms with Gasteiger partial charge in [-0.05, 0) is 59.8 Å². The first-order chi connectivity index (χ1) is 11.9. The van der Waals surface area contributed by atoms with Crippen LogP contribution in [0.2, 0.25) is 0 Å². The summed E-state index contributed by atoms with van der Waals surface area (Å²) in [6.45, 7) is 12.0. The number of aryl methyl sites for hydroxylation is 1. The van der Waals surface area contributed by atoms with E-state index in [1.54, 1.807) is 0 Å². The molecule has 0 N–H and O–H groups in total. The van der Waals surface area contributed by atoms with E-state index in [2.05, 4.69) is 40.7 Å². The lowest BCUT2D eigenvalue weighted by Gasteiger charge is -2.36. The van der Waals surface area contributed by atoms with Crippen LogP contribution in [0, 0.1) is 6.92 Å². The molecule has 25 heavy (non-hydrogen) atoms. The molecular weight excluding hydrogens is 314 g/mol. The van der Waals surface area contributed by atoms with Crippen LogP contribution in [0.3, 0.4) is 0 Å². The van der Waals surface area contributed by atoms with Gasteiger partial charge in [-0.2, -0.15) is 0 Å². The lowest BCUT2D eigenvalue weighted by atomic mass is 9.96. The fourth-order valence-electron chi connectivity index (χ4n) is 3.75. The van der Waals surface area contributed by atoms with Gasteiger partial charge >= 0.3 is 0 Å². The summed E-state index contributed by atoms with van der Waals surface area (Å²) < 4.78 is 0. The Morgan fingerprint density at radius 1 is 1.08 bits per heavy atom. The summed E-state index contributed by atoms with van der Waals surface area (Å²) >= 11 is 0. The summed E-state index contributed by atoms with van der Waals surface area (Å²) in [5, 5.41) is 0. The number of nitrogens with zero attached hydrogens (tertiary/aromatic N) is 5. The highest BCUT2D eigenvalue weighted by molar-refractivity contribution is 5.92. The van der Waals surface area contributed by atoms with E-state index in [9.17, 15) is 4.79 Å². The Labute approximate surface area is 151 Å². The van der Waals surface area contributed by atoms with Crippen molar-refractivity contribution >= 4 is 5.91 Å². The Kier molecular flexibility index (Phi) is 5.69. The highest BCUT2D eigenvalue weighted by Crippen LogP contribution is 2.25. The van der Waals surface area contributed by atoms with Crippen molar-refractivity contribution in [2.24, 2.45) is 0 Å². The second-order valence-electron chi connectivity index (χ2n) is 7.75. The lowest BCUT2D eigenvalue weighted by Crippen LogP contribution is -2.50. The monoisotopic (exact) mass is 345 g/mol. The Bertz CT molecular complexity index is 602. The van der Waals surface area contributed by atoms with Gasteiger partial charge in [-0.25, -0.2) is 9.97 Å². The number of hydrogen-bond acceptors (Lipinski definition) is 5. The molecule has 1 aromatic rings. The molecule has 138 valence electrons. The summed E-state index contributed by atoms with van der Waals surface area (Å²) in [4.78, 5) is 28.9. The molecule has 0 unspecified atom stereocenters. The Hall–Kier alpha value is -1.53. The van der Waals surface area contributed by atoms with E-state index in [0.29, 0.717) is 17.7 Å². The third kappa shape index (κ3) is 4.36. The number of likely N-dealkylation sites (tertiary alicyclic amines) is 1. The molecule has 0 saturated carbocycles. The standard InChI is InChI=1S/C19H31N5O/c1-14(2)23-9-11-24(12-10-23)19(25)17-13-15(3)20-18(21-17)16-5-7-22(4)8-6-16/h13-14,16H,5-12H2,1-4H3. The molecule has 1 amide bonds. The van der Waals surface area contributed by atoms with Crippen LogP contribution in [0.5, 0.6) is 0 Å². The van der Waals surface area contributed by atoms with Crippen molar-refractivity contribution in [2.45, 2.75) is 45.6 Å². The fraction of sp³-hybridized carbons (Fsp3) is 0.737. The van der Waals surface area contributed by atoms with Gasteiger partial charge in [-0.3, -0.25) is 9.69 Å². The van der Waals surface area contributed by atoms with Crippen LogP contribution < -0.4 is 0 Å². The van der Waals surface area contributed by atoms with Crippen molar-refractivity contribution < 1.29 is 4.79 Å². The summed E-state index contributed by atoms with van der Waals surface area (Å²) in [5.74, 6) is 1.29. The number of aromatic nitrogens is 2. The zero-order valence-corrected chi connectivity index (χ0v) is 16.0. The first-order valence-corrected chi connectivity index (χ1v) is 9.51. The SMILES string of the molecule is Cc1cc(C(=O)N2CCN(C(C)C)CC2)nc(C2CCN(C)CC2)n1. The minimum Gasteiger partial charge on any atom is -0.335 e. The van der Waals surface area contributed by atoms with Crippen LogP contribution in [-0.2, 0) is 0 Å². The molecule has 1 aromatic heterocycles. The molecule has 2 saturated heterocycles. The maximum Gasteiger partial charge on any atom is 0.272 e. The highest BCUT2D eigenvalue weighted by Gasteiger charge is 2.26. The van der Waals surface area contributed by atoms with Crippen molar-refractivity contribution in [2.75, 3.05) is 46.3 Å². The number of carbonyl (C=O) groups excluding carboxylic acids is 1. The van der Waals surface area contributed by atoms with Crippen LogP contribution in [-0.4, -0.2) is 82.9 Å². The molecule has 2 aliphatic rings. The summed E-state index contributed by atoms with van der Waals surface area (Å²) in [6.07, 6.45) is 2.14. The molecule has 0 aliphatic carbocycles. The second-order valence-corrected chi connectivity index (χ2v) is 7.75. The van der Waals surface area contributed by atoms with E-state index < -0.39 is 0 Å². The molecule has 0 aromatic carbocycles. The van der Waals surface area contributed by atoms with Gasteiger partial charge in [-0.1, -0.05) is 0 Å². The maximum absolute atomic E-state index is 12.9. The Morgan fingerprint density at radius 2 is 1.72 bits per heavy atom. The average Bonchev–Trinajstić information content (AvgIpc) is 2.61. The predicted octanol–water partition coefficient (Wildman–Crippen LogP) is 1.76. The number of amides is 1. The average molecular weight is 345 g/mol. The summed E-state index contributed by atoms with van der Waals surface area (Å²) in [7, 11) is 2.15. The number of hydrogen-bond donors (Lipinski definition) is 0. The topological polar surface area (TPSA) is 52.6 Å². The smallest absolute Gasteiger partial charge is 0.272 e. The third-order valence-electron chi connectivity index (χ3n) is 5.51. The number of rotatable bonds is 3. The molecular formula is C19H31N5O.